The van der Waals surface area contributed by atoms with Crippen LogP contribution in [0, 0.1) is 6.92 Å². The molecule has 1 spiro atoms. The van der Waals surface area contributed by atoms with Crippen LogP contribution in [0.5, 0.6) is 0 Å². The minimum Gasteiger partial charge on any atom is -0.386 e. The summed E-state index contributed by atoms with van der Waals surface area (Å²) < 4.78 is 0. The summed E-state index contributed by atoms with van der Waals surface area (Å²) >= 11 is 0. The third-order valence-corrected chi connectivity index (χ3v) is 5.65. The first-order chi connectivity index (χ1) is 13.5. The second-order valence-corrected chi connectivity index (χ2v) is 7.92. The normalized spacial score (nSPS) is 24.3. The van der Waals surface area contributed by atoms with Gasteiger partial charge in [0, 0.05) is 31.6 Å². The van der Waals surface area contributed by atoms with E-state index in [1.54, 1.807) is 17.3 Å². The van der Waals surface area contributed by atoms with Gasteiger partial charge in [-0.1, -0.05) is 18.0 Å². The maximum absolute atomic E-state index is 12.5. The van der Waals surface area contributed by atoms with Crippen molar-refractivity contribution in [2.24, 2.45) is 5.16 Å². The van der Waals surface area contributed by atoms with Crippen LogP contribution in [0.15, 0.2) is 17.5 Å². The summed E-state index contributed by atoms with van der Waals surface area (Å²) in [4.78, 5) is 40.7. The first kappa shape index (κ1) is 18.6. The molecule has 1 atom stereocenters. The first-order valence-corrected chi connectivity index (χ1v) is 9.89. The van der Waals surface area contributed by atoms with Crippen molar-refractivity contribution in [3.63, 3.8) is 0 Å². The maximum Gasteiger partial charge on any atom is 0.317 e. The summed E-state index contributed by atoms with van der Waals surface area (Å²) in [5.74, 6) is -0.270. The molecular weight excluding hydrogens is 360 g/mol. The lowest BCUT2D eigenvalue weighted by Gasteiger charge is -2.23. The van der Waals surface area contributed by atoms with E-state index < -0.39 is 5.60 Å². The highest BCUT2D eigenvalue weighted by Gasteiger charge is 2.48. The van der Waals surface area contributed by atoms with E-state index >= 15 is 0 Å². The molecule has 3 heterocycles. The van der Waals surface area contributed by atoms with Crippen molar-refractivity contribution in [2.75, 3.05) is 13.1 Å². The van der Waals surface area contributed by atoms with Crippen LogP contribution in [0.4, 0.5) is 4.79 Å². The number of hydrogen-bond donors (Lipinski definition) is 2. The predicted octanol–water partition coefficient (Wildman–Crippen LogP) is 1.27. The van der Waals surface area contributed by atoms with Crippen LogP contribution in [0.2, 0.25) is 0 Å². The number of aromatic nitrogens is 2. The van der Waals surface area contributed by atoms with Crippen LogP contribution in [0.25, 0.3) is 0 Å². The number of carbonyl (C=O) groups is 2. The van der Waals surface area contributed by atoms with Gasteiger partial charge in [0.05, 0.1) is 30.7 Å². The summed E-state index contributed by atoms with van der Waals surface area (Å²) in [6.07, 6.45) is 8.86. The van der Waals surface area contributed by atoms with E-state index in [2.05, 4.69) is 25.8 Å². The molecule has 3 aliphatic rings. The Morgan fingerprint density at radius 3 is 2.86 bits per heavy atom. The topological polar surface area (TPSA) is 109 Å². The highest BCUT2D eigenvalue weighted by atomic mass is 16.7. The van der Waals surface area contributed by atoms with E-state index in [4.69, 9.17) is 4.84 Å². The van der Waals surface area contributed by atoms with Crippen LogP contribution in [-0.4, -0.2) is 57.3 Å². The van der Waals surface area contributed by atoms with Gasteiger partial charge in [-0.25, -0.2) is 4.79 Å². The maximum atomic E-state index is 12.5. The van der Waals surface area contributed by atoms with Crippen LogP contribution < -0.4 is 10.6 Å². The Labute approximate surface area is 163 Å². The van der Waals surface area contributed by atoms with E-state index in [1.165, 1.54) is 12.8 Å². The number of aryl methyl sites for hydroxylation is 1. The van der Waals surface area contributed by atoms with Crippen molar-refractivity contribution in [3.8, 4) is 0 Å². The SMILES string of the molecule is Cc1cnc(CNC(=O)C2=NO[C@@]3(CCN(C(=O)NC4CCCC4)C3)C2)cn1. The van der Waals surface area contributed by atoms with E-state index in [1.807, 2.05) is 6.92 Å². The molecule has 1 aliphatic carbocycles. The molecule has 1 aromatic heterocycles. The average molecular weight is 386 g/mol. The van der Waals surface area contributed by atoms with Crippen LogP contribution in [-0.2, 0) is 16.2 Å². The highest BCUT2D eigenvalue weighted by Crippen LogP contribution is 2.34. The minimum absolute atomic E-state index is 0.0387. The highest BCUT2D eigenvalue weighted by molar-refractivity contribution is 6.39. The second kappa shape index (κ2) is 7.73. The lowest BCUT2D eigenvalue weighted by atomic mass is 9.96. The van der Waals surface area contributed by atoms with E-state index in [-0.39, 0.29) is 24.5 Å². The predicted molar refractivity (Wildman–Crippen MR) is 101 cm³/mol. The van der Waals surface area contributed by atoms with Gasteiger partial charge in [-0.3, -0.25) is 14.8 Å². The number of rotatable bonds is 4. The third-order valence-electron chi connectivity index (χ3n) is 5.65. The molecule has 0 bridgehead atoms. The number of amides is 3. The van der Waals surface area contributed by atoms with Gasteiger partial charge in [0.25, 0.3) is 5.91 Å². The molecule has 9 heteroatoms. The number of nitrogens with zero attached hydrogens (tertiary/aromatic N) is 4. The molecule has 4 rings (SSSR count). The second-order valence-electron chi connectivity index (χ2n) is 7.92. The van der Waals surface area contributed by atoms with Gasteiger partial charge >= 0.3 is 6.03 Å². The largest absolute Gasteiger partial charge is 0.386 e. The van der Waals surface area contributed by atoms with Gasteiger partial charge in [-0.2, -0.15) is 0 Å². The van der Waals surface area contributed by atoms with Gasteiger partial charge in [0.15, 0.2) is 5.60 Å². The molecule has 2 N–H and O–H groups in total. The van der Waals surface area contributed by atoms with Gasteiger partial charge in [-0.15, -0.1) is 0 Å². The molecule has 1 saturated heterocycles. The van der Waals surface area contributed by atoms with E-state index in [9.17, 15) is 9.59 Å². The number of urea groups is 1. The van der Waals surface area contributed by atoms with Crippen molar-refractivity contribution in [1.82, 2.24) is 25.5 Å². The van der Waals surface area contributed by atoms with Crippen molar-refractivity contribution < 1.29 is 14.4 Å². The molecule has 150 valence electrons. The molecule has 0 aromatic carbocycles. The molecule has 9 nitrogen and oxygen atoms in total. The number of nitrogens with one attached hydrogen (secondary N) is 2. The molecule has 3 amide bonds. The summed E-state index contributed by atoms with van der Waals surface area (Å²) in [6.45, 7) is 3.21. The monoisotopic (exact) mass is 386 g/mol. The molecule has 28 heavy (non-hydrogen) atoms. The Hall–Kier alpha value is -2.71. The lowest BCUT2D eigenvalue weighted by molar-refractivity contribution is -0.115. The fraction of sp³-hybridized carbons (Fsp3) is 0.632. The zero-order valence-electron chi connectivity index (χ0n) is 16.1. The third kappa shape index (κ3) is 4.07. The minimum atomic E-state index is -0.580. The molecule has 0 unspecified atom stereocenters. The zero-order chi connectivity index (χ0) is 19.6. The number of oxime groups is 1. The molecule has 1 aromatic rings. The molecule has 2 aliphatic heterocycles. The molecule has 0 radical (unpaired) electrons. The summed E-state index contributed by atoms with van der Waals surface area (Å²) in [5.41, 5.74) is 1.29. The van der Waals surface area contributed by atoms with Crippen molar-refractivity contribution in [3.05, 3.63) is 23.8 Å². The van der Waals surface area contributed by atoms with Gasteiger partial charge < -0.3 is 20.4 Å². The Bertz CT molecular complexity index is 774. The summed E-state index contributed by atoms with van der Waals surface area (Å²) in [5, 5.41) is 9.91. The van der Waals surface area contributed by atoms with Crippen molar-refractivity contribution in [1.29, 1.82) is 0 Å². The zero-order valence-corrected chi connectivity index (χ0v) is 16.1. The number of carbonyl (C=O) groups excluding carboxylic acids is 2. The van der Waals surface area contributed by atoms with Crippen LogP contribution >= 0.6 is 0 Å². The number of likely N-dealkylation sites (tertiary alicyclic amines) is 1. The van der Waals surface area contributed by atoms with Crippen molar-refractivity contribution in [2.45, 2.75) is 63.6 Å². The van der Waals surface area contributed by atoms with Crippen LogP contribution in [0.3, 0.4) is 0 Å². The molecule has 1 saturated carbocycles. The van der Waals surface area contributed by atoms with Gasteiger partial charge in [0.2, 0.25) is 0 Å². The Kier molecular flexibility index (Phi) is 5.15. The Balaban J connectivity index is 1.26. The summed E-state index contributed by atoms with van der Waals surface area (Å²) in [6, 6.07) is 0.249. The van der Waals surface area contributed by atoms with Crippen molar-refractivity contribution >= 4 is 17.6 Å². The van der Waals surface area contributed by atoms with Crippen LogP contribution in [0.1, 0.15) is 49.9 Å². The molecule has 2 fully saturated rings. The Morgan fingerprint density at radius 2 is 2.11 bits per heavy atom. The van der Waals surface area contributed by atoms with Gasteiger partial charge in [0.1, 0.15) is 5.71 Å². The van der Waals surface area contributed by atoms with E-state index in [0.717, 1.165) is 18.5 Å². The van der Waals surface area contributed by atoms with Gasteiger partial charge in [-0.05, 0) is 19.8 Å². The average Bonchev–Trinajstić information content (AvgIpc) is 3.44. The fourth-order valence-corrected chi connectivity index (χ4v) is 4.00. The Morgan fingerprint density at radius 1 is 1.29 bits per heavy atom. The number of hydrogen-bond acceptors (Lipinski definition) is 6. The first-order valence-electron chi connectivity index (χ1n) is 9.89. The summed E-state index contributed by atoms with van der Waals surface area (Å²) in [7, 11) is 0. The quantitative estimate of drug-likeness (QED) is 0.810. The van der Waals surface area contributed by atoms with E-state index in [0.29, 0.717) is 37.3 Å². The molecular formula is C19H26N6O3. The fourth-order valence-electron chi connectivity index (χ4n) is 4.00. The smallest absolute Gasteiger partial charge is 0.317 e. The lowest BCUT2D eigenvalue weighted by Crippen LogP contribution is -2.45. The standard InChI is InChI=1S/C19H26N6O3/c1-13-9-21-15(10-20-13)11-22-17(26)16-8-19(28-24-16)6-7-25(12-19)18(27)23-14-4-2-3-5-14/h9-10,14H,2-8,11-12H2,1H3,(H,22,26)(H,23,27)/t19-/m0/s1.